The molecule has 1 N–H and O–H groups in total. The summed E-state index contributed by atoms with van der Waals surface area (Å²) in [7, 11) is 0. The van der Waals surface area contributed by atoms with Gasteiger partial charge in [0.05, 0.1) is 6.61 Å². The topological polar surface area (TPSA) is 111 Å². The number of halogens is 2. The predicted molar refractivity (Wildman–Crippen MR) is 116 cm³/mol. The van der Waals surface area contributed by atoms with E-state index in [1.54, 1.807) is 0 Å². The molecule has 32 heavy (non-hydrogen) atoms. The average Bonchev–Trinajstić information content (AvgIpc) is 2.62. The third-order valence-corrected chi connectivity index (χ3v) is 3.97. The van der Waals surface area contributed by atoms with Crippen LogP contribution in [0.4, 0.5) is 14.0 Å². The Bertz CT molecular complexity index is 862. The molecule has 0 aliphatic carbocycles. The number of Topliss-reactive ketones (excluding diaryl/α,β-unsaturated/α-hetero) is 1. The third kappa shape index (κ3) is 7.47. The first-order chi connectivity index (χ1) is 14.5. The smallest absolute Gasteiger partial charge is 0.433 e. The molecule has 178 valence electrons. The van der Waals surface area contributed by atoms with Gasteiger partial charge in [-0.2, -0.15) is 9.40 Å². The van der Waals surface area contributed by atoms with E-state index >= 15 is 4.39 Å². The SMILES string of the molecule is CCOC(=O)C(F)(C(=O)c1ccc(Br)cc1)N(NC(=O)OC(C)(C)C)C(=O)OC(C)(C)C. The molecule has 9 nitrogen and oxygen atoms in total. The van der Waals surface area contributed by atoms with Crippen LogP contribution < -0.4 is 5.43 Å². The van der Waals surface area contributed by atoms with Gasteiger partial charge in [0.1, 0.15) is 11.2 Å². The van der Waals surface area contributed by atoms with Crippen LogP contribution in [-0.4, -0.2) is 52.5 Å². The number of rotatable bonds is 5. The second-order valence-corrected chi connectivity index (χ2v) is 9.52. The second-order valence-electron chi connectivity index (χ2n) is 8.61. The second kappa shape index (κ2) is 10.3. The molecular formula is C21H28BrFN2O7. The summed E-state index contributed by atoms with van der Waals surface area (Å²) in [5, 5.41) is -0.144. The van der Waals surface area contributed by atoms with Gasteiger partial charge in [0.15, 0.2) is 0 Å². The monoisotopic (exact) mass is 518 g/mol. The van der Waals surface area contributed by atoms with Gasteiger partial charge in [0.2, 0.25) is 5.78 Å². The molecule has 2 amide bonds. The number of benzene rings is 1. The first-order valence-corrected chi connectivity index (χ1v) is 10.5. The Balaban J connectivity index is 3.58. The van der Waals surface area contributed by atoms with Crippen molar-refractivity contribution in [1.82, 2.24) is 10.4 Å². The van der Waals surface area contributed by atoms with Crippen molar-refractivity contribution in [1.29, 1.82) is 0 Å². The summed E-state index contributed by atoms with van der Waals surface area (Å²) in [6.45, 7) is 10.1. The van der Waals surface area contributed by atoms with Gasteiger partial charge in [0, 0.05) is 10.0 Å². The number of nitrogens with one attached hydrogen (secondary N) is 1. The number of hydrogen-bond donors (Lipinski definition) is 1. The number of nitrogens with zero attached hydrogens (tertiary/aromatic N) is 1. The molecule has 0 aliphatic rings. The highest BCUT2D eigenvalue weighted by Gasteiger charge is 2.58. The Morgan fingerprint density at radius 3 is 1.91 bits per heavy atom. The molecule has 0 saturated heterocycles. The van der Waals surface area contributed by atoms with E-state index in [-0.39, 0.29) is 17.2 Å². The van der Waals surface area contributed by atoms with Crippen LogP contribution in [0, 0.1) is 0 Å². The van der Waals surface area contributed by atoms with Gasteiger partial charge in [0.25, 0.3) is 0 Å². The van der Waals surface area contributed by atoms with Crippen molar-refractivity contribution in [3.63, 3.8) is 0 Å². The Hall–Kier alpha value is -2.69. The summed E-state index contributed by atoms with van der Waals surface area (Å²) in [5.74, 6) is -6.96. The lowest BCUT2D eigenvalue weighted by molar-refractivity contribution is -0.167. The zero-order valence-corrected chi connectivity index (χ0v) is 20.7. The zero-order chi connectivity index (χ0) is 24.9. The van der Waals surface area contributed by atoms with E-state index in [1.807, 2.05) is 5.43 Å². The maximum Gasteiger partial charge on any atom is 0.433 e. The summed E-state index contributed by atoms with van der Waals surface area (Å²) in [6, 6.07) is 5.36. The van der Waals surface area contributed by atoms with E-state index in [9.17, 15) is 19.2 Å². The predicted octanol–water partition coefficient (Wildman–Crippen LogP) is 4.54. The fraction of sp³-hybridized carbons (Fsp3) is 0.524. The van der Waals surface area contributed by atoms with Gasteiger partial charge in [-0.1, -0.05) is 28.1 Å². The maximum absolute atomic E-state index is 16.4. The van der Waals surface area contributed by atoms with Crippen LogP contribution in [0.25, 0.3) is 0 Å². The van der Waals surface area contributed by atoms with Crippen molar-refractivity contribution in [2.75, 3.05) is 6.61 Å². The molecule has 11 heteroatoms. The zero-order valence-electron chi connectivity index (χ0n) is 19.1. The molecule has 1 rings (SSSR count). The van der Waals surface area contributed by atoms with Crippen molar-refractivity contribution in [2.45, 2.75) is 65.5 Å². The van der Waals surface area contributed by atoms with Gasteiger partial charge in [-0.25, -0.2) is 19.8 Å². The summed E-state index contributed by atoms with van der Waals surface area (Å²) in [5.41, 5.74) is -0.608. The number of ether oxygens (including phenoxy) is 3. The van der Waals surface area contributed by atoms with Crippen LogP contribution in [0.3, 0.4) is 0 Å². The number of alkyl halides is 1. The molecular weight excluding hydrogens is 491 g/mol. The minimum absolute atomic E-state index is 0.144. The molecule has 1 aromatic carbocycles. The van der Waals surface area contributed by atoms with E-state index in [0.717, 1.165) is 0 Å². The van der Waals surface area contributed by atoms with E-state index < -0.39 is 40.9 Å². The van der Waals surface area contributed by atoms with Crippen LogP contribution in [0.1, 0.15) is 58.8 Å². The molecule has 0 aromatic heterocycles. The van der Waals surface area contributed by atoms with Crippen molar-refractivity contribution in [2.24, 2.45) is 0 Å². The Labute approximate surface area is 194 Å². The first kappa shape index (κ1) is 27.3. The largest absolute Gasteiger partial charge is 0.462 e. The number of hydrazine groups is 1. The summed E-state index contributed by atoms with van der Waals surface area (Å²) < 4.78 is 31.8. The Morgan fingerprint density at radius 2 is 1.47 bits per heavy atom. The minimum atomic E-state index is -3.79. The van der Waals surface area contributed by atoms with Crippen LogP contribution in [-0.2, 0) is 19.0 Å². The molecule has 0 fully saturated rings. The van der Waals surface area contributed by atoms with Crippen LogP contribution in [0.15, 0.2) is 28.7 Å². The fourth-order valence-electron chi connectivity index (χ4n) is 2.25. The van der Waals surface area contributed by atoms with Gasteiger partial charge in [-0.15, -0.1) is 0 Å². The highest BCUT2D eigenvalue weighted by atomic mass is 79.9. The molecule has 0 saturated carbocycles. The lowest BCUT2D eigenvalue weighted by atomic mass is 10.0. The average molecular weight is 519 g/mol. The number of amides is 2. The molecule has 1 aromatic rings. The van der Waals surface area contributed by atoms with E-state index in [4.69, 9.17) is 14.2 Å². The number of ketones is 1. The van der Waals surface area contributed by atoms with Gasteiger partial charge in [-0.05, 0) is 60.6 Å². The van der Waals surface area contributed by atoms with Crippen LogP contribution in [0.2, 0.25) is 0 Å². The molecule has 0 aliphatic heterocycles. The number of esters is 1. The minimum Gasteiger partial charge on any atom is -0.462 e. The number of carbonyl (C=O) groups excluding carboxylic acids is 4. The van der Waals surface area contributed by atoms with Crippen molar-refractivity contribution in [3.05, 3.63) is 34.3 Å². The van der Waals surface area contributed by atoms with Crippen molar-refractivity contribution < 1.29 is 37.8 Å². The van der Waals surface area contributed by atoms with Gasteiger partial charge in [-0.3, -0.25) is 4.79 Å². The summed E-state index contributed by atoms with van der Waals surface area (Å²) in [4.78, 5) is 51.0. The lowest BCUT2D eigenvalue weighted by Crippen LogP contribution is -2.66. The molecule has 0 bridgehead atoms. The van der Waals surface area contributed by atoms with E-state index in [1.165, 1.54) is 72.7 Å². The quantitative estimate of drug-likeness (QED) is 0.152. The lowest BCUT2D eigenvalue weighted by Gasteiger charge is -2.35. The Morgan fingerprint density at radius 1 is 0.969 bits per heavy atom. The standard InChI is InChI=1S/C21H28BrFN2O7/c1-8-30-16(27)21(23,15(26)13-9-11-14(22)12-10-13)25(18(29)32-20(5,6)7)24-17(28)31-19(2,3)4/h9-12H,8H2,1-7H3,(H,24,28). The molecule has 1 unspecified atom stereocenters. The fourth-order valence-corrected chi connectivity index (χ4v) is 2.52. The molecule has 0 radical (unpaired) electrons. The first-order valence-electron chi connectivity index (χ1n) is 9.70. The van der Waals surface area contributed by atoms with E-state index in [2.05, 4.69) is 15.9 Å². The normalized spacial score (nSPS) is 13.4. The highest BCUT2D eigenvalue weighted by Crippen LogP contribution is 2.27. The Kier molecular flexibility index (Phi) is 8.79. The summed E-state index contributed by atoms with van der Waals surface area (Å²) in [6.07, 6.45) is -2.80. The highest BCUT2D eigenvalue weighted by molar-refractivity contribution is 9.10. The van der Waals surface area contributed by atoms with Crippen molar-refractivity contribution >= 4 is 39.9 Å². The van der Waals surface area contributed by atoms with Gasteiger partial charge >= 0.3 is 23.9 Å². The molecule has 0 spiro atoms. The molecule has 1 atom stereocenters. The van der Waals surface area contributed by atoms with Crippen molar-refractivity contribution in [3.8, 4) is 0 Å². The molecule has 0 heterocycles. The van der Waals surface area contributed by atoms with Crippen LogP contribution in [0.5, 0.6) is 0 Å². The summed E-state index contributed by atoms with van der Waals surface area (Å²) >= 11 is 3.19. The van der Waals surface area contributed by atoms with E-state index in [0.29, 0.717) is 4.47 Å². The number of hydrogen-bond acceptors (Lipinski definition) is 7. The van der Waals surface area contributed by atoms with Gasteiger partial charge < -0.3 is 14.2 Å². The number of carbonyl (C=O) groups is 4. The van der Waals surface area contributed by atoms with Crippen LogP contribution >= 0.6 is 15.9 Å². The maximum atomic E-state index is 16.4. The third-order valence-electron chi connectivity index (χ3n) is 3.44.